The molecule has 146 valence electrons. The Hall–Kier alpha value is -0.650. The van der Waals surface area contributed by atoms with Crippen LogP contribution in [0.15, 0.2) is 0 Å². The predicted molar refractivity (Wildman–Crippen MR) is 94.4 cm³/mol. The molecule has 3 heterocycles. The Morgan fingerprint density at radius 2 is 1.96 bits per heavy atom. The van der Waals surface area contributed by atoms with Gasteiger partial charge >= 0.3 is 5.97 Å². The molecule has 0 unspecified atom stereocenters. The molecule has 3 aliphatic heterocycles. The maximum absolute atomic E-state index is 12.8. The molecule has 2 spiro atoms. The van der Waals surface area contributed by atoms with E-state index < -0.39 is 0 Å². The van der Waals surface area contributed by atoms with E-state index in [1.807, 2.05) is 0 Å². The Labute approximate surface area is 156 Å². The molecular formula is C21H32O5. The summed E-state index contributed by atoms with van der Waals surface area (Å²) in [5.74, 6) is 0.671. The Kier molecular flexibility index (Phi) is 3.51. The molecule has 8 atom stereocenters. The van der Waals surface area contributed by atoms with Gasteiger partial charge in [-0.05, 0) is 44.9 Å². The molecule has 0 N–H and O–H groups in total. The highest BCUT2D eigenvalue weighted by Gasteiger charge is 2.74. The van der Waals surface area contributed by atoms with Crippen LogP contribution in [0, 0.1) is 22.7 Å². The summed E-state index contributed by atoms with van der Waals surface area (Å²) in [7, 11) is 1.71. The van der Waals surface area contributed by atoms with Crippen LogP contribution in [0.3, 0.4) is 0 Å². The number of rotatable bonds is 1. The Morgan fingerprint density at radius 1 is 1.15 bits per heavy atom. The van der Waals surface area contributed by atoms with Crippen LogP contribution in [-0.4, -0.2) is 43.3 Å². The molecule has 5 fully saturated rings. The van der Waals surface area contributed by atoms with Gasteiger partial charge in [0.2, 0.25) is 0 Å². The molecule has 2 saturated carbocycles. The third-order valence-corrected chi connectivity index (χ3v) is 8.89. The molecule has 5 nitrogen and oxygen atoms in total. The van der Waals surface area contributed by atoms with Crippen LogP contribution in [0.1, 0.15) is 65.7 Å². The first-order valence-electron chi connectivity index (χ1n) is 10.3. The Morgan fingerprint density at radius 3 is 2.69 bits per heavy atom. The number of hydrogen-bond acceptors (Lipinski definition) is 5. The van der Waals surface area contributed by atoms with Gasteiger partial charge in [0.05, 0.1) is 23.2 Å². The third kappa shape index (κ3) is 1.90. The maximum Gasteiger partial charge on any atom is 0.312 e. The van der Waals surface area contributed by atoms with Crippen LogP contribution in [0.5, 0.6) is 0 Å². The van der Waals surface area contributed by atoms with Gasteiger partial charge in [0.1, 0.15) is 6.10 Å². The number of hydrogen-bond donors (Lipinski definition) is 0. The molecule has 5 aliphatic rings. The second-order valence-corrected chi connectivity index (χ2v) is 10.1. The smallest absolute Gasteiger partial charge is 0.312 e. The van der Waals surface area contributed by atoms with Gasteiger partial charge in [-0.3, -0.25) is 4.79 Å². The first-order chi connectivity index (χ1) is 12.3. The highest BCUT2D eigenvalue weighted by Crippen LogP contribution is 2.70. The minimum Gasteiger partial charge on any atom is -0.462 e. The number of methoxy groups -OCH3 is 1. The molecule has 0 aromatic heterocycles. The fourth-order valence-electron chi connectivity index (χ4n) is 7.70. The molecule has 0 aromatic rings. The van der Waals surface area contributed by atoms with Crippen molar-refractivity contribution in [2.24, 2.45) is 22.7 Å². The van der Waals surface area contributed by atoms with Crippen LogP contribution < -0.4 is 0 Å². The monoisotopic (exact) mass is 364 g/mol. The molecule has 0 amide bonds. The summed E-state index contributed by atoms with van der Waals surface area (Å²) in [5.41, 5.74) is -0.772. The van der Waals surface area contributed by atoms with Crippen molar-refractivity contribution in [2.45, 2.75) is 89.3 Å². The van der Waals surface area contributed by atoms with Crippen molar-refractivity contribution in [2.75, 3.05) is 13.7 Å². The first-order valence-corrected chi connectivity index (χ1v) is 10.3. The molecule has 0 radical (unpaired) electrons. The van der Waals surface area contributed by atoms with Gasteiger partial charge in [-0.25, -0.2) is 0 Å². The van der Waals surface area contributed by atoms with E-state index in [0.717, 1.165) is 44.9 Å². The second-order valence-electron chi connectivity index (χ2n) is 10.1. The molecule has 5 rings (SSSR count). The summed E-state index contributed by atoms with van der Waals surface area (Å²) in [6, 6.07) is 0. The van der Waals surface area contributed by atoms with Crippen molar-refractivity contribution in [1.29, 1.82) is 0 Å². The maximum atomic E-state index is 12.8. The van der Waals surface area contributed by atoms with Gasteiger partial charge in [-0.1, -0.05) is 20.3 Å². The Bertz CT molecular complexity index is 636. The molecule has 26 heavy (non-hydrogen) atoms. The van der Waals surface area contributed by atoms with Gasteiger partial charge in [0, 0.05) is 24.9 Å². The largest absolute Gasteiger partial charge is 0.462 e. The van der Waals surface area contributed by atoms with Crippen molar-refractivity contribution in [3.63, 3.8) is 0 Å². The molecular weight excluding hydrogens is 332 g/mol. The minimum atomic E-state index is -0.342. The molecule has 5 heteroatoms. The van der Waals surface area contributed by atoms with Crippen molar-refractivity contribution in [1.82, 2.24) is 0 Å². The molecule has 3 saturated heterocycles. The van der Waals surface area contributed by atoms with Crippen LogP contribution in [0.2, 0.25) is 0 Å². The van der Waals surface area contributed by atoms with Gasteiger partial charge in [0.25, 0.3) is 0 Å². The zero-order chi connectivity index (χ0) is 18.4. The normalized spacial score (nSPS) is 58.4. The van der Waals surface area contributed by atoms with Gasteiger partial charge in [0.15, 0.2) is 6.29 Å². The fraction of sp³-hybridized carbons (Fsp3) is 0.952. The second kappa shape index (κ2) is 5.24. The van der Waals surface area contributed by atoms with Crippen LogP contribution >= 0.6 is 0 Å². The topological polar surface area (TPSA) is 54.0 Å². The number of ether oxygens (including phenoxy) is 4. The summed E-state index contributed by atoms with van der Waals surface area (Å²) < 4.78 is 24.3. The standard InChI is InChI=1S/C21H32O5/c1-13-10-14-16-18(2,17(22)25-14)6-5-7-19(16,3)21(13)9-8-20(26-21)11-15(23-4)24-12-20/h13-16H,5-12H2,1-4H3/t13-,14-,15-,16-,18+,19-,20-,21-/m1/s1. The lowest BCUT2D eigenvalue weighted by Gasteiger charge is -2.62. The van der Waals surface area contributed by atoms with E-state index in [4.69, 9.17) is 18.9 Å². The average molecular weight is 364 g/mol. The quantitative estimate of drug-likeness (QED) is 0.667. The SMILES string of the molecule is CO[C@H]1C[C@]2(CC[C@@]3(O2)[C@H](C)C[C@H]2OC(=O)[C@@]4(C)CCC[C@]3(C)[C@H]24)CO1. The van der Waals surface area contributed by atoms with Crippen LogP contribution in [-0.2, 0) is 23.7 Å². The lowest BCUT2D eigenvalue weighted by molar-refractivity contribution is -0.251. The average Bonchev–Trinajstić information content (AvgIpc) is 3.25. The zero-order valence-corrected chi connectivity index (χ0v) is 16.5. The van der Waals surface area contributed by atoms with E-state index in [2.05, 4.69) is 20.8 Å². The van der Waals surface area contributed by atoms with Gasteiger partial charge in [-0.15, -0.1) is 0 Å². The van der Waals surface area contributed by atoms with Gasteiger partial charge in [-0.2, -0.15) is 0 Å². The Balaban J connectivity index is 1.55. The predicted octanol–water partition coefficient (Wildman–Crippen LogP) is 3.45. The number of carbonyl (C=O) groups excluding carboxylic acids is 1. The summed E-state index contributed by atoms with van der Waals surface area (Å²) in [4.78, 5) is 12.8. The van der Waals surface area contributed by atoms with Crippen LogP contribution in [0.25, 0.3) is 0 Å². The van der Waals surface area contributed by atoms with E-state index in [1.165, 1.54) is 0 Å². The molecule has 0 bridgehead atoms. The van der Waals surface area contributed by atoms with Crippen molar-refractivity contribution >= 4 is 5.97 Å². The highest BCUT2D eigenvalue weighted by molar-refractivity contribution is 5.80. The highest BCUT2D eigenvalue weighted by atomic mass is 16.7. The minimum absolute atomic E-state index is 0.0247. The molecule has 0 aromatic carbocycles. The number of carbonyl (C=O) groups is 1. The summed E-state index contributed by atoms with van der Waals surface area (Å²) in [6.07, 6.45) is 6.87. The van der Waals surface area contributed by atoms with Crippen molar-refractivity contribution < 1.29 is 23.7 Å². The first kappa shape index (κ1) is 17.4. The van der Waals surface area contributed by atoms with E-state index in [0.29, 0.717) is 12.5 Å². The summed E-state index contributed by atoms with van der Waals surface area (Å²) in [5, 5.41) is 0. The van der Waals surface area contributed by atoms with E-state index >= 15 is 0 Å². The van der Waals surface area contributed by atoms with E-state index in [9.17, 15) is 4.79 Å². The molecule has 2 aliphatic carbocycles. The van der Waals surface area contributed by atoms with Crippen molar-refractivity contribution in [3.05, 3.63) is 0 Å². The van der Waals surface area contributed by atoms with Crippen molar-refractivity contribution in [3.8, 4) is 0 Å². The summed E-state index contributed by atoms with van der Waals surface area (Å²) in [6.45, 7) is 7.47. The number of fused-ring (bicyclic) bond motifs is 1. The van der Waals surface area contributed by atoms with E-state index in [1.54, 1.807) is 7.11 Å². The van der Waals surface area contributed by atoms with E-state index in [-0.39, 0.29) is 46.3 Å². The fourth-order valence-corrected chi connectivity index (χ4v) is 7.70. The number of esters is 1. The third-order valence-electron chi connectivity index (χ3n) is 8.89. The van der Waals surface area contributed by atoms with Gasteiger partial charge < -0.3 is 18.9 Å². The lowest BCUT2D eigenvalue weighted by Crippen LogP contribution is -2.65. The summed E-state index contributed by atoms with van der Waals surface area (Å²) >= 11 is 0. The zero-order valence-electron chi connectivity index (χ0n) is 16.5. The van der Waals surface area contributed by atoms with Crippen LogP contribution in [0.4, 0.5) is 0 Å². The lowest BCUT2D eigenvalue weighted by atomic mass is 9.44.